The summed E-state index contributed by atoms with van der Waals surface area (Å²) >= 11 is 9.90. The van der Waals surface area contributed by atoms with Gasteiger partial charge in [-0.1, -0.05) is 39.7 Å². The maximum Gasteiger partial charge on any atom is 0.177 e. The van der Waals surface area contributed by atoms with Crippen LogP contribution in [-0.2, 0) is 22.8 Å². The van der Waals surface area contributed by atoms with Crippen molar-refractivity contribution in [2.24, 2.45) is 0 Å². The lowest BCUT2D eigenvalue weighted by molar-refractivity contribution is 0.601. The van der Waals surface area contributed by atoms with E-state index in [-0.39, 0.29) is 0 Å². The molecule has 0 saturated carbocycles. The molecule has 0 unspecified atom stereocenters. The van der Waals surface area contributed by atoms with Gasteiger partial charge in [-0.25, -0.2) is 8.42 Å². The van der Waals surface area contributed by atoms with Gasteiger partial charge in [0.25, 0.3) is 0 Å². The average molecular weight is 401 g/mol. The molecular formula is C16H15BrClNO2S. The standard InChI is InChI=1S/C16H15BrClNO2S/c1-22(20,21)16-5-3-2-4-15(16)19-9-8-11-12(10-19)14(18)7-6-13(11)17/h2-7H,8-10H2,1H3. The third-order valence-electron chi connectivity index (χ3n) is 3.90. The number of nitrogens with zero attached hydrogens (tertiary/aromatic N) is 1. The molecule has 0 aromatic heterocycles. The second-order valence-corrected chi connectivity index (χ2v) is 8.64. The second kappa shape index (κ2) is 5.87. The molecule has 0 fully saturated rings. The van der Waals surface area contributed by atoms with Gasteiger partial charge in [-0.3, -0.25) is 0 Å². The minimum atomic E-state index is -3.26. The van der Waals surface area contributed by atoms with Gasteiger partial charge in [-0.2, -0.15) is 0 Å². The van der Waals surface area contributed by atoms with Gasteiger partial charge in [0.1, 0.15) is 0 Å². The highest BCUT2D eigenvalue weighted by atomic mass is 79.9. The molecule has 0 N–H and O–H groups in total. The lowest BCUT2D eigenvalue weighted by Crippen LogP contribution is -2.31. The molecule has 2 aromatic carbocycles. The molecular weight excluding hydrogens is 386 g/mol. The van der Waals surface area contributed by atoms with E-state index in [1.165, 1.54) is 11.8 Å². The van der Waals surface area contributed by atoms with Gasteiger partial charge in [0.05, 0.1) is 10.6 Å². The van der Waals surface area contributed by atoms with Gasteiger partial charge in [-0.15, -0.1) is 0 Å². The number of fused-ring (bicyclic) bond motifs is 1. The molecule has 2 aromatic rings. The summed E-state index contributed by atoms with van der Waals surface area (Å²) in [7, 11) is -3.26. The molecule has 0 bridgehead atoms. The van der Waals surface area contributed by atoms with Crippen LogP contribution in [0.25, 0.3) is 0 Å². The van der Waals surface area contributed by atoms with Crippen molar-refractivity contribution in [3.8, 4) is 0 Å². The number of anilines is 1. The van der Waals surface area contributed by atoms with Crippen molar-refractivity contribution in [1.29, 1.82) is 0 Å². The summed E-state index contributed by atoms with van der Waals surface area (Å²) in [6.07, 6.45) is 2.07. The van der Waals surface area contributed by atoms with Crippen LogP contribution in [-0.4, -0.2) is 21.2 Å². The molecule has 1 heterocycles. The van der Waals surface area contributed by atoms with Crippen LogP contribution < -0.4 is 4.90 Å². The van der Waals surface area contributed by atoms with Gasteiger partial charge in [0.15, 0.2) is 9.84 Å². The number of para-hydroxylation sites is 1. The zero-order valence-electron chi connectivity index (χ0n) is 12.0. The highest BCUT2D eigenvalue weighted by Gasteiger charge is 2.24. The fourth-order valence-electron chi connectivity index (χ4n) is 2.83. The number of benzene rings is 2. The van der Waals surface area contributed by atoms with Crippen LogP contribution in [0.15, 0.2) is 45.8 Å². The molecule has 116 valence electrons. The maximum absolute atomic E-state index is 12.0. The Balaban J connectivity index is 2.05. The predicted octanol–water partition coefficient (Wildman–Crippen LogP) is 4.07. The predicted molar refractivity (Wildman–Crippen MR) is 93.5 cm³/mol. The first-order chi connectivity index (χ1) is 10.4. The Hall–Kier alpha value is -1.04. The van der Waals surface area contributed by atoms with E-state index in [2.05, 4.69) is 20.8 Å². The SMILES string of the molecule is CS(=O)(=O)c1ccccc1N1CCc2c(Br)ccc(Cl)c2C1. The second-order valence-electron chi connectivity index (χ2n) is 5.40. The quantitative estimate of drug-likeness (QED) is 0.762. The molecule has 1 aliphatic rings. The van der Waals surface area contributed by atoms with Gasteiger partial charge < -0.3 is 4.90 Å². The Morgan fingerprint density at radius 1 is 1.14 bits per heavy atom. The Bertz CT molecular complexity index is 836. The molecule has 0 amide bonds. The minimum absolute atomic E-state index is 0.365. The Morgan fingerprint density at radius 3 is 2.59 bits per heavy atom. The van der Waals surface area contributed by atoms with E-state index in [1.54, 1.807) is 12.1 Å². The van der Waals surface area contributed by atoms with Crippen molar-refractivity contribution >= 4 is 43.1 Å². The van der Waals surface area contributed by atoms with Crippen LogP contribution >= 0.6 is 27.5 Å². The van der Waals surface area contributed by atoms with Crippen LogP contribution in [0, 0.1) is 0 Å². The highest BCUT2D eigenvalue weighted by Crippen LogP contribution is 2.35. The third-order valence-corrected chi connectivity index (χ3v) is 6.14. The lowest BCUT2D eigenvalue weighted by Gasteiger charge is -2.33. The fraction of sp³-hybridized carbons (Fsp3) is 0.250. The van der Waals surface area contributed by atoms with Gasteiger partial charge in [-0.05, 0) is 41.8 Å². The average Bonchev–Trinajstić information content (AvgIpc) is 2.50. The van der Waals surface area contributed by atoms with E-state index in [0.717, 1.165) is 33.7 Å². The molecule has 1 aliphatic heterocycles. The zero-order chi connectivity index (χ0) is 15.9. The van der Waals surface area contributed by atoms with E-state index in [9.17, 15) is 8.42 Å². The van der Waals surface area contributed by atoms with Gasteiger partial charge >= 0.3 is 0 Å². The normalized spacial score (nSPS) is 14.8. The summed E-state index contributed by atoms with van der Waals surface area (Å²) in [5.41, 5.74) is 3.01. The number of halogens is 2. The summed E-state index contributed by atoms with van der Waals surface area (Å²) in [6, 6.07) is 11.0. The van der Waals surface area contributed by atoms with E-state index >= 15 is 0 Å². The summed E-state index contributed by atoms with van der Waals surface area (Å²) < 4.78 is 25.1. The number of sulfone groups is 1. The van der Waals surface area contributed by atoms with E-state index in [0.29, 0.717) is 11.4 Å². The highest BCUT2D eigenvalue weighted by molar-refractivity contribution is 9.10. The van der Waals surface area contributed by atoms with Gasteiger partial charge in [0, 0.05) is 28.8 Å². The van der Waals surface area contributed by atoms with Crippen molar-refractivity contribution in [3.05, 3.63) is 57.0 Å². The molecule has 0 spiro atoms. The lowest BCUT2D eigenvalue weighted by atomic mass is 9.99. The molecule has 6 heteroatoms. The van der Waals surface area contributed by atoms with Crippen LogP contribution in [0.5, 0.6) is 0 Å². The van der Waals surface area contributed by atoms with Crippen molar-refractivity contribution in [1.82, 2.24) is 0 Å². The molecule has 3 rings (SSSR count). The van der Waals surface area contributed by atoms with Crippen LogP contribution in [0.4, 0.5) is 5.69 Å². The molecule has 0 aliphatic carbocycles. The monoisotopic (exact) mass is 399 g/mol. The Labute approximate surface area is 143 Å². The molecule has 0 radical (unpaired) electrons. The van der Waals surface area contributed by atoms with Crippen molar-refractivity contribution in [3.63, 3.8) is 0 Å². The Morgan fingerprint density at radius 2 is 1.86 bits per heavy atom. The molecule has 22 heavy (non-hydrogen) atoms. The topological polar surface area (TPSA) is 37.4 Å². The maximum atomic E-state index is 12.0. The minimum Gasteiger partial charge on any atom is -0.366 e. The summed E-state index contributed by atoms with van der Waals surface area (Å²) in [6.45, 7) is 1.37. The number of hydrogen-bond acceptors (Lipinski definition) is 3. The molecule has 3 nitrogen and oxygen atoms in total. The molecule has 0 atom stereocenters. The van der Waals surface area contributed by atoms with E-state index < -0.39 is 9.84 Å². The van der Waals surface area contributed by atoms with Crippen molar-refractivity contribution < 1.29 is 8.42 Å². The first-order valence-electron chi connectivity index (χ1n) is 6.87. The number of rotatable bonds is 2. The Kier molecular flexibility index (Phi) is 4.23. The number of hydrogen-bond donors (Lipinski definition) is 0. The first-order valence-corrected chi connectivity index (χ1v) is 9.94. The van der Waals surface area contributed by atoms with E-state index in [4.69, 9.17) is 11.6 Å². The van der Waals surface area contributed by atoms with E-state index in [1.807, 2.05) is 24.3 Å². The van der Waals surface area contributed by atoms with Gasteiger partial charge in [0.2, 0.25) is 0 Å². The summed E-state index contributed by atoms with van der Waals surface area (Å²) in [4.78, 5) is 2.45. The largest absolute Gasteiger partial charge is 0.366 e. The van der Waals surface area contributed by atoms with Crippen LogP contribution in [0.3, 0.4) is 0 Å². The smallest absolute Gasteiger partial charge is 0.177 e. The van der Waals surface area contributed by atoms with Crippen molar-refractivity contribution in [2.75, 3.05) is 17.7 Å². The third kappa shape index (κ3) is 2.90. The summed E-state index contributed by atoms with van der Waals surface area (Å²) in [5.74, 6) is 0. The molecule has 0 saturated heterocycles. The fourth-order valence-corrected chi connectivity index (χ4v) is 4.54. The summed E-state index contributed by atoms with van der Waals surface area (Å²) in [5, 5.41) is 0.722. The first kappa shape index (κ1) is 15.8. The zero-order valence-corrected chi connectivity index (χ0v) is 15.2. The van der Waals surface area contributed by atoms with Crippen LogP contribution in [0.1, 0.15) is 11.1 Å². The van der Waals surface area contributed by atoms with Crippen molar-refractivity contribution in [2.45, 2.75) is 17.9 Å². The van der Waals surface area contributed by atoms with Crippen LogP contribution in [0.2, 0.25) is 5.02 Å².